The van der Waals surface area contributed by atoms with Gasteiger partial charge in [0.25, 0.3) is 5.56 Å². The number of halogens is 2. The molecule has 0 saturated carbocycles. The third-order valence-corrected chi connectivity index (χ3v) is 3.68. The first-order valence-electron chi connectivity index (χ1n) is 7.92. The van der Waals surface area contributed by atoms with Crippen LogP contribution in [0.4, 0.5) is 14.7 Å². The summed E-state index contributed by atoms with van der Waals surface area (Å²) in [5.74, 6) is 0.270. The molecule has 0 amide bonds. The first-order chi connectivity index (χ1) is 12.6. The number of fused-ring (bicyclic) bond motifs is 1. The highest BCUT2D eigenvalue weighted by molar-refractivity contribution is 5.84. The Labute approximate surface area is 147 Å². The van der Waals surface area contributed by atoms with Crippen LogP contribution in [0.25, 0.3) is 10.9 Å². The van der Waals surface area contributed by atoms with Crippen molar-refractivity contribution in [3.8, 4) is 5.75 Å². The van der Waals surface area contributed by atoms with Crippen molar-refractivity contribution in [2.45, 2.75) is 20.1 Å². The van der Waals surface area contributed by atoms with Crippen molar-refractivity contribution in [2.75, 3.05) is 5.43 Å². The second kappa shape index (κ2) is 7.73. The second-order valence-corrected chi connectivity index (χ2v) is 5.29. The predicted octanol–water partition coefficient (Wildman–Crippen LogP) is 3.46. The number of hydrogen-bond donors (Lipinski definition) is 1. The van der Waals surface area contributed by atoms with Crippen molar-refractivity contribution in [2.24, 2.45) is 5.10 Å². The van der Waals surface area contributed by atoms with Crippen LogP contribution < -0.4 is 15.7 Å². The highest BCUT2D eigenvalue weighted by atomic mass is 19.3. The molecule has 0 radical (unpaired) electrons. The number of benzene rings is 2. The Hall–Kier alpha value is -3.29. The van der Waals surface area contributed by atoms with Crippen molar-refractivity contribution < 1.29 is 13.5 Å². The molecular formula is C18H16F2N4O2. The van der Waals surface area contributed by atoms with E-state index in [1.54, 1.807) is 42.5 Å². The van der Waals surface area contributed by atoms with E-state index in [1.807, 2.05) is 6.92 Å². The molecular weight excluding hydrogens is 342 g/mol. The minimum atomic E-state index is -2.93. The van der Waals surface area contributed by atoms with E-state index in [0.717, 1.165) is 0 Å². The number of alkyl halides is 2. The molecule has 3 rings (SSSR count). The van der Waals surface area contributed by atoms with Crippen LogP contribution in [0.15, 0.2) is 58.4 Å². The van der Waals surface area contributed by atoms with E-state index in [9.17, 15) is 13.6 Å². The molecule has 1 aromatic heterocycles. The molecule has 6 nitrogen and oxygen atoms in total. The summed E-state index contributed by atoms with van der Waals surface area (Å²) in [7, 11) is 0. The standard InChI is InChI=1S/C18H16F2N4O2/c1-2-24-16(25)13-8-4-5-9-14(13)22-18(24)23-21-11-12-7-3-6-10-15(12)26-17(19)20/h3-11,17H,2H2,1H3,(H,22,23)/b21-11-. The highest BCUT2D eigenvalue weighted by Crippen LogP contribution is 2.18. The van der Waals surface area contributed by atoms with Crippen molar-refractivity contribution in [3.05, 3.63) is 64.4 Å². The molecule has 0 spiro atoms. The number of aromatic nitrogens is 2. The van der Waals surface area contributed by atoms with Gasteiger partial charge in [-0.2, -0.15) is 13.9 Å². The molecule has 134 valence electrons. The number of hydrogen-bond acceptors (Lipinski definition) is 5. The van der Waals surface area contributed by atoms with Gasteiger partial charge in [0.2, 0.25) is 5.95 Å². The van der Waals surface area contributed by atoms with E-state index in [0.29, 0.717) is 23.0 Å². The lowest BCUT2D eigenvalue weighted by molar-refractivity contribution is -0.0499. The van der Waals surface area contributed by atoms with Crippen LogP contribution in [0, 0.1) is 0 Å². The van der Waals surface area contributed by atoms with E-state index < -0.39 is 6.61 Å². The number of anilines is 1. The topological polar surface area (TPSA) is 68.5 Å². The smallest absolute Gasteiger partial charge is 0.387 e. The van der Waals surface area contributed by atoms with Gasteiger partial charge in [0.15, 0.2) is 0 Å². The number of nitrogens with zero attached hydrogens (tertiary/aromatic N) is 3. The highest BCUT2D eigenvalue weighted by Gasteiger charge is 2.10. The lowest BCUT2D eigenvalue weighted by Crippen LogP contribution is -2.23. The third-order valence-electron chi connectivity index (χ3n) is 3.68. The van der Waals surface area contributed by atoms with Crippen molar-refractivity contribution >= 4 is 23.1 Å². The minimum absolute atomic E-state index is 0.00685. The normalized spacial score (nSPS) is 11.4. The SMILES string of the molecule is CCn1c(N/N=C\c2ccccc2OC(F)F)nc2ccccc2c1=O. The Kier molecular flexibility index (Phi) is 5.21. The monoisotopic (exact) mass is 358 g/mol. The summed E-state index contributed by atoms with van der Waals surface area (Å²) in [5, 5.41) is 4.53. The third kappa shape index (κ3) is 3.69. The van der Waals surface area contributed by atoms with Gasteiger partial charge in [-0.15, -0.1) is 0 Å². The summed E-state index contributed by atoms with van der Waals surface area (Å²) in [6.45, 7) is -0.706. The van der Waals surface area contributed by atoms with Crippen LogP contribution in [0.3, 0.4) is 0 Å². The molecule has 2 aromatic carbocycles. The maximum atomic E-state index is 12.5. The first kappa shape index (κ1) is 17.5. The first-order valence-corrected chi connectivity index (χ1v) is 7.92. The van der Waals surface area contributed by atoms with Gasteiger partial charge in [0.05, 0.1) is 17.1 Å². The summed E-state index contributed by atoms with van der Waals surface area (Å²) >= 11 is 0. The fraction of sp³-hybridized carbons (Fsp3) is 0.167. The molecule has 0 unspecified atom stereocenters. The largest absolute Gasteiger partial charge is 0.434 e. The quantitative estimate of drug-likeness (QED) is 0.541. The van der Waals surface area contributed by atoms with E-state index in [2.05, 4.69) is 20.2 Å². The van der Waals surface area contributed by atoms with Crippen LogP contribution in [0.5, 0.6) is 5.75 Å². The number of rotatable bonds is 6. The fourth-order valence-corrected chi connectivity index (χ4v) is 2.50. The zero-order valence-electron chi connectivity index (χ0n) is 13.9. The van der Waals surface area contributed by atoms with Crippen LogP contribution in [0.2, 0.25) is 0 Å². The molecule has 0 aliphatic carbocycles. The fourth-order valence-electron chi connectivity index (χ4n) is 2.50. The number of nitrogens with one attached hydrogen (secondary N) is 1. The van der Waals surface area contributed by atoms with E-state index in [4.69, 9.17) is 0 Å². The van der Waals surface area contributed by atoms with Crippen LogP contribution in [-0.2, 0) is 6.54 Å². The van der Waals surface area contributed by atoms with Crippen LogP contribution in [-0.4, -0.2) is 22.4 Å². The zero-order chi connectivity index (χ0) is 18.5. The lowest BCUT2D eigenvalue weighted by atomic mass is 10.2. The Morgan fingerprint density at radius 1 is 1.23 bits per heavy atom. The van der Waals surface area contributed by atoms with E-state index >= 15 is 0 Å². The molecule has 0 saturated heterocycles. The number of hydrazone groups is 1. The minimum Gasteiger partial charge on any atom is -0.434 e. The molecule has 0 atom stereocenters. The maximum absolute atomic E-state index is 12.5. The molecule has 0 bridgehead atoms. The Morgan fingerprint density at radius 2 is 1.96 bits per heavy atom. The van der Waals surface area contributed by atoms with Gasteiger partial charge < -0.3 is 4.74 Å². The van der Waals surface area contributed by atoms with Gasteiger partial charge in [-0.05, 0) is 31.2 Å². The van der Waals surface area contributed by atoms with Gasteiger partial charge in [0, 0.05) is 12.1 Å². The summed E-state index contributed by atoms with van der Waals surface area (Å²) in [5.41, 5.74) is 3.43. The van der Waals surface area contributed by atoms with Gasteiger partial charge in [-0.25, -0.2) is 10.4 Å². The second-order valence-electron chi connectivity index (χ2n) is 5.29. The van der Waals surface area contributed by atoms with Crippen LogP contribution >= 0.6 is 0 Å². The summed E-state index contributed by atoms with van der Waals surface area (Å²) in [6, 6.07) is 13.3. The van der Waals surface area contributed by atoms with Crippen molar-refractivity contribution in [1.82, 2.24) is 9.55 Å². The maximum Gasteiger partial charge on any atom is 0.387 e. The predicted molar refractivity (Wildman–Crippen MR) is 96.0 cm³/mol. The molecule has 8 heteroatoms. The molecule has 0 fully saturated rings. The number of para-hydroxylation sites is 2. The van der Waals surface area contributed by atoms with Crippen molar-refractivity contribution in [1.29, 1.82) is 0 Å². The zero-order valence-corrected chi connectivity index (χ0v) is 13.9. The van der Waals surface area contributed by atoms with Gasteiger partial charge in [0.1, 0.15) is 5.75 Å². The lowest BCUT2D eigenvalue weighted by Gasteiger charge is -2.11. The Morgan fingerprint density at radius 3 is 2.73 bits per heavy atom. The molecule has 1 N–H and O–H groups in total. The average Bonchev–Trinajstić information content (AvgIpc) is 2.63. The summed E-state index contributed by atoms with van der Waals surface area (Å²) in [6.07, 6.45) is 1.33. The molecule has 1 heterocycles. The van der Waals surface area contributed by atoms with Gasteiger partial charge >= 0.3 is 6.61 Å². The molecule has 0 aliphatic heterocycles. The van der Waals surface area contributed by atoms with Gasteiger partial charge in [-0.1, -0.05) is 24.3 Å². The summed E-state index contributed by atoms with van der Waals surface area (Å²) < 4.78 is 30.8. The van der Waals surface area contributed by atoms with E-state index in [-0.39, 0.29) is 17.3 Å². The Balaban J connectivity index is 1.91. The van der Waals surface area contributed by atoms with E-state index in [1.165, 1.54) is 16.8 Å². The number of ether oxygens (including phenoxy) is 1. The molecule has 3 aromatic rings. The molecule has 0 aliphatic rings. The van der Waals surface area contributed by atoms with Crippen molar-refractivity contribution in [3.63, 3.8) is 0 Å². The van der Waals surface area contributed by atoms with Gasteiger partial charge in [-0.3, -0.25) is 9.36 Å². The Bertz CT molecular complexity index is 1000. The summed E-state index contributed by atoms with van der Waals surface area (Å²) in [4.78, 5) is 16.9. The van der Waals surface area contributed by atoms with Crippen LogP contribution in [0.1, 0.15) is 12.5 Å². The average molecular weight is 358 g/mol. The molecule has 26 heavy (non-hydrogen) atoms.